The summed E-state index contributed by atoms with van der Waals surface area (Å²) < 4.78 is 24.4. The highest BCUT2D eigenvalue weighted by molar-refractivity contribution is 7.90. The lowest BCUT2D eigenvalue weighted by molar-refractivity contribution is 0.594. The Morgan fingerprint density at radius 2 is 2.18 bits per heavy atom. The highest BCUT2D eigenvalue weighted by Crippen LogP contribution is 2.23. The average molecular weight is 268 g/mol. The van der Waals surface area contributed by atoms with Crippen LogP contribution in [-0.2, 0) is 15.6 Å². The fourth-order valence-corrected chi connectivity index (χ4v) is 4.08. The average Bonchev–Trinajstić information content (AvgIpc) is 2.73. The summed E-state index contributed by atoms with van der Waals surface area (Å²) in [5, 5.41) is 2.35. The van der Waals surface area contributed by atoms with E-state index in [1.54, 1.807) is 30.6 Å². The Morgan fingerprint density at radius 1 is 1.41 bits per heavy atom. The van der Waals surface area contributed by atoms with Crippen molar-refractivity contribution in [3.63, 3.8) is 0 Å². The maximum absolute atomic E-state index is 12.2. The Balaban J connectivity index is 2.41. The van der Waals surface area contributed by atoms with Gasteiger partial charge in [0.25, 0.3) is 0 Å². The topological polar surface area (TPSA) is 73.1 Å². The van der Waals surface area contributed by atoms with Crippen LogP contribution in [0, 0.1) is 6.92 Å². The lowest BCUT2D eigenvalue weighted by Gasteiger charge is -2.07. The van der Waals surface area contributed by atoms with Crippen molar-refractivity contribution in [2.75, 3.05) is 5.73 Å². The van der Waals surface area contributed by atoms with Crippen LogP contribution in [0.25, 0.3) is 0 Å². The van der Waals surface area contributed by atoms with Crippen LogP contribution in [-0.4, -0.2) is 13.4 Å². The standard InChI is InChI=1S/C11H12N2O2S2/c1-8-2-3-9(12)6-10(8)17(14,15)7-11-13-4-5-16-11/h2-6H,7,12H2,1H3. The summed E-state index contributed by atoms with van der Waals surface area (Å²) in [5.74, 6) is -0.0744. The van der Waals surface area contributed by atoms with Gasteiger partial charge in [0.05, 0.1) is 4.90 Å². The van der Waals surface area contributed by atoms with Gasteiger partial charge in [-0.3, -0.25) is 0 Å². The molecule has 0 radical (unpaired) electrons. The summed E-state index contributed by atoms with van der Waals surface area (Å²) in [6, 6.07) is 4.90. The van der Waals surface area contributed by atoms with Crippen LogP contribution in [0.3, 0.4) is 0 Å². The first kappa shape index (κ1) is 12.1. The Hall–Kier alpha value is -1.40. The van der Waals surface area contributed by atoms with Crippen LogP contribution in [0.1, 0.15) is 10.6 Å². The zero-order valence-corrected chi connectivity index (χ0v) is 10.9. The summed E-state index contributed by atoms with van der Waals surface area (Å²) in [6.45, 7) is 1.76. The van der Waals surface area contributed by atoms with E-state index in [4.69, 9.17) is 5.73 Å². The molecule has 2 aromatic rings. The third-order valence-corrected chi connectivity index (χ3v) is 5.07. The summed E-state index contributed by atoms with van der Waals surface area (Å²) in [7, 11) is -3.37. The molecule has 0 aliphatic carbocycles. The van der Waals surface area contributed by atoms with Gasteiger partial charge >= 0.3 is 0 Å². The lowest BCUT2D eigenvalue weighted by atomic mass is 10.2. The minimum Gasteiger partial charge on any atom is -0.399 e. The molecule has 0 amide bonds. The number of benzene rings is 1. The van der Waals surface area contributed by atoms with Crippen molar-refractivity contribution in [2.24, 2.45) is 0 Å². The minimum absolute atomic E-state index is 0.0744. The van der Waals surface area contributed by atoms with Gasteiger partial charge in [0.15, 0.2) is 9.84 Å². The highest BCUT2D eigenvalue weighted by Gasteiger charge is 2.19. The molecule has 90 valence electrons. The van der Waals surface area contributed by atoms with Crippen molar-refractivity contribution in [1.29, 1.82) is 0 Å². The van der Waals surface area contributed by atoms with Crippen molar-refractivity contribution in [2.45, 2.75) is 17.6 Å². The van der Waals surface area contributed by atoms with E-state index in [1.165, 1.54) is 17.4 Å². The molecule has 1 aromatic carbocycles. The minimum atomic E-state index is -3.37. The van der Waals surface area contributed by atoms with Gasteiger partial charge in [0.2, 0.25) is 0 Å². The molecule has 4 nitrogen and oxygen atoms in total. The molecule has 0 saturated heterocycles. The van der Waals surface area contributed by atoms with Crippen molar-refractivity contribution >= 4 is 26.9 Å². The number of nitrogen functional groups attached to an aromatic ring is 1. The molecule has 0 unspecified atom stereocenters. The van der Waals surface area contributed by atoms with E-state index in [0.29, 0.717) is 16.3 Å². The summed E-state index contributed by atoms with van der Waals surface area (Å²) in [6.07, 6.45) is 1.60. The number of sulfone groups is 1. The Labute approximate surface area is 104 Å². The fraction of sp³-hybridized carbons (Fsp3) is 0.182. The van der Waals surface area contributed by atoms with Crippen LogP contribution in [0.5, 0.6) is 0 Å². The summed E-state index contributed by atoms with van der Waals surface area (Å²) in [5.41, 5.74) is 6.78. The number of aryl methyl sites for hydroxylation is 1. The Morgan fingerprint density at radius 3 is 2.82 bits per heavy atom. The molecular weight excluding hydrogens is 256 g/mol. The monoisotopic (exact) mass is 268 g/mol. The summed E-state index contributed by atoms with van der Waals surface area (Å²) in [4.78, 5) is 4.27. The second kappa shape index (κ2) is 4.46. The van der Waals surface area contributed by atoms with E-state index in [-0.39, 0.29) is 10.6 Å². The van der Waals surface area contributed by atoms with Crippen LogP contribution in [0.15, 0.2) is 34.7 Å². The molecule has 0 spiro atoms. The molecule has 0 fully saturated rings. The molecule has 0 aliphatic rings. The number of nitrogens with zero attached hydrogens (tertiary/aromatic N) is 1. The fourth-order valence-electron chi connectivity index (χ4n) is 1.52. The molecule has 0 atom stereocenters. The van der Waals surface area contributed by atoms with Crippen molar-refractivity contribution < 1.29 is 8.42 Å². The maximum atomic E-state index is 12.2. The molecule has 1 aromatic heterocycles. The van der Waals surface area contributed by atoms with Gasteiger partial charge in [-0.05, 0) is 24.6 Å². The number of rotatable bonds is 3. The van der Waals surface area contributed by atoms with Crippen LogP contribution in [0.4, 0.5) is 5.69 Å². The molecule has 1 heterocycles. The van der Waals surface area contributed by atoms with Gasteiger partial charge in [0, 0.05) is 17.3 Å². The normalized spacial score (nSPS) is 11.6. The zero-order valence-electron chi connectivity index (χ0n) is 9.25. The predicted octanol–water partition coefficient (Wildman–Crippen LogP) is 2.01. The number of hydrogen-bond acceptors (Lipinski definition) is 5. The number of thiazole rings is 1. The van der Waals surface area contributed by atoms with E-state index < -0.39 is 9.84 Å². The molecule has 6 heteroatoms. The highest BCUT2D eigenvalue weighted by atomic mass is 32.2. The van der Waals surface area contributed by atoms with E-state index in [0.717, 1.165) is 0 Å². The number of aromatic nitrogens is 1. The van der Waals surface area contributed by atoms with E-state index in [1.807, 2.05) is 0 Å². The third-order valence-electron chi connectivity index (χ3n) is 2.34. The lowest BCUT2D eigenvalue weighted by Crippen LogP contribution is -2.07. The number of hydrogen-bond donors (Lipinski definition) is 1. The van der Waals surface area contributed by atoms with Crippen LogP contribution >= 0.6 is 11.3 Å². The van der Waals surface area contributed by atoms with E-state index in [9.17, 15) is 8.42 Å². The van der Waals surface area contributed by atoms with Gasteiger partial charge in [-0.2, -0.15) is 0 Å². The van der Waals surface area contributed by atoms with Crippen molar-refractivity contribution in [1.82, 2.24) is 4.98 Å². The molecule has 2 N–H and O–H groups in total. The zero-order chi connectivity index (χ0) is 12.5. The van der Waals surface area contributed by atoms with Crippen LogP contribution < -0.4 is 5.73 Å². The molecule has 2 rings (SSSR count). The quantitative estimate of drug-likeness (QED) is 0.864. The Kier molecular flexibility index (Phi) is 3.17. The Bertz CT molecular complexity index is 619. The van der Waals surface area contributed by atoms with Crippen molar-refractivity contribution in [3.8, 4) is 0 Å². The largest absolute Gasteiger partial charge is 0.399 e. The number of nitrogens with two attached hydrogens (primary N) is 1. The third kappa shape index (κ3) is 2.65. The SMILES string of the molecule is Cc1ccc(N)cc1S(=O)(=O)Cc1nccs1. The maximum Gasteiger partial charge on any atom is 0.185 e. The van der Waals surface area contributed by atoms with Gasteiger partial charge in [-0.25, -0.2) is 13.4 Å². The van der Waals surface area contributed by atoms with Gasteiger partial charge in [-0.1, -0.05) is 6.07 Å². The molecule has 0 saturated carbocycles. The first-order valence-electron chi connectivity index (χ1n) is 4.96. The predicted molar refractivity (Wildman–Crippen MR) is 68.6 cm³/mol. The first-order valence-corrected chi connectivity index (χ1v) is 7.49. The van der Waals surface area contributed by atoms with Crippen molar-refractivity contribution in [3.05, 3.63) is 40.3 Å². The van der Waals surface area contributed by atoms with Gasteiger partial charge in [-0.15, -0.1) is 11.3 Å². The number of anilines is 1. The molecular formula is C11H12N2O2S2. The van der Waals surface area contributed by atoms with E-state index in [2.05, 4.69) is 4.98 Å². The summed E-state index contributed by atoms with van der Waals surface area (Å²) >= 11 is 1.33. The smallest absolute Gasteiger partial charge is 0.185 e. The van der Waals surface area contributed by atoms with Gasteiger partial charge in [0.1, 0.15) is 10.8 Å². The first-order chi connectivity index (χ1) is 7.99. The molecule has 17 heavy (non-hydrogen) atoms. The molecule has 0 aliphatic heterocycles. The second-order valence-corrected chi connectivity index (χ2v) is 6.65. The molecule has 0 bridgehead atoms. The van der Waals surface area contributed by atoms with Gasteiger partial charge < -0.3 is 5.73 Å². The van der Waals surface area contributed by atoms with Crippen LogP contribution in [0.2, 0.25) is 0 Å². The second-order valence-electron chi connectivity index (χ2n) is 3.71. The van der Waals surface area contributed by atoms with E-state index >= 15 is 0 Å².